The number of benzene rings is 2. The molecule has 0 atom stereocenters. The van der Waals surface area contributed by atoms with Gasteiger partial charge in [-0.2, -0.15) is 0 Å². The van der Waals surface area contributed by atoms with Gasteiger partial charge in [-0.25, -0.2) is 4.39 Å². The molecule has 0 spiro atoms. The normalized spacial score (nSPS) is 16.8. The summed E-state index contributed by atoms with van der Waals surface area (Å²) in [5, 5.41) is 0.963. The number of hydrogen-bond donors (Lipinski definition) is 0. The Kier molecular flexibility index (Phi) is 3.73. The average molecular weight is 337 g/mol. The van der Waals surface area contributed by atoms with Gasteiger partial charge in [0.25, 0.3) is 0 Å². The number of furan rings is 1. The van der Waals surface area contributed by atoms with Crippen molar-refractivity contribution in [1.29, 1.82) is 0 Å². The molecule has 0 amide bonds. The van der Waals surface area contributed by atoms with E-state index in [4.69, 9.17) is 4.42 Å². The standard InChI is InChI=1S/C21H20FNO2/c1-14(24)21(2)12-23(13-21)11-15-7-8-17(18(22)9-15)20-10-16-5-3-4-6-19(16)25-20/h3-10H,11-13H2,1-2H3. The second-order valence-electron chi connectivity index (χ2n) is 7.22. The maximum atomic E-state index is 14.6. The number of Topliss-reactive ketones (excluding diaryl/α,β-unsaturated/α-hetero) is 1. The molecule has 0 unspecified atom stereocenters. The molecular weight excluding hydrogens is 317 g/mol. The van der Waals surface area contributed by atoms with Crippen LogP contribution < -0.4 is 0 Å². The van der Waals surface area contributed by atoms with E-state index < -0.39 is 0 Å². The lowest BCUT2D eigenvalue weighted by Gasteiger charge is -2.46. The lowest BCUT2D eigenvalue weighted by atomic mass is 9.78. The van der Waals surface area contributed by atoms with Gasteiger partial charge in [0.1, 0.15) is 22.9 Å². The van der Waals surface area contributed by atoms with Gasteiger partial charge in [0.2, 0.25) is 0 Å². The van der Waals surface area contributed by atoms with E-state index in [1.165, 1.54) is 0 Å². The van der Waals surface area contributed by atoms with E-state index in [0.717, 1.165) is 29.6 Å². The molecule has 0 bridgehead atoms. The molecule has 0 radical (unpaired) electrons. The number of ketones is 1. The highest BCUT2D eigenvalue weighted by molar-refractivity contribution is 5.83. The summed E-state index contributed by atoms with van der Waals surface area (Å²) in [6, 6.07) is 14.8. The van der Waals surface area contributed by atoms with Gasteiger partial charge in [-0.05, 0) is 36.8 Å². The molecule has 4 rings (SSSR count). The van der Waals surface area contributed by atoms with Crippen molar-refractivity contribution in [1.82, 2.24) is 4.90 Å². The van der Waals surface area contributed by atoms with E-state index in [1.54, 1.807) is 19.1 Å². The number of para-hydroxylation sites is 1. The fourth-order valence-electron chi connectivity index (χ4n) is 3.50. The predicted molar refractivity (Wildman–Crippen MR) is 95.7 cm³/mol. The van der Waals surface area contributed by atoms with Crippen molar-refractivity contribution in [2.24, 2.45) is 5.41 Å². The SMILES string of the molecule is CC(=O)C1(C)CN(Cc2ccc(-c3cc4ccccc4o3)c(F)c2)C1. The minimum absolute atomic E-state index is 0.218. The van der Waals surface area contributed by atoms with Gasteiger partial charge in [0.15, 0.2) is 0 Å². The van der Waals surface area contributed by atoms with Crippen molar-refractivity contribution in [3.8, 4) is 11.3 Å². The number of carbonyl (C=O) groups is 1. The number of nitrogens with zero attached hydrogens (tertiary/aromatic N) is 1. The summed E-state index contributed by atoms with van der Waals surface area (Å²) in [5.74, 6) is 0.472. The van der Waals surface area contributed by atoms with Crippen molar-refractivity contribution in [3.63, 3.8) is 0 Å². The lowest BCUT2D eigenvalue weighted by molar-refractivity contribution is -0.135. The van der Waals surface area contributed by atoms with Gasteiger partial charge in [-0.1, -0.05) is 31.2 Å². The fraction of sp³-hybridized carbons (Fsp3) is 0.286. The molecule has 1 aliphatic rings. The van der Waals surface area contributed by atoms with Crippen molar-refractivity contribution in [2.75, 3.05) is 13.1 Å². The molecular formula is C21H20FNO2. The van der Waals surface area contributed by atoms with Crippen molar-refractivity contribution in [2.45, 2.75) is 20.4 Å². The Labute approximate surface area is 146 Å². The summed E-state index contributed by atoms with van der Waals surface area (Å²) >= 11 is 0. The quantitative estimate of drug-likeness (QED) is 0.695. The van der Waals surface area contributed by atoms with Gasteiger partial charge in [0.05, 0.1) is 11.0 Å². The van der Waals surface area contributed by atoms with Crippen molar-refractivity contribution >= 4 is 16.8 Å². The molecule has 2 heterocycles. The molecule has 0 N–H and O–H groups in total. The van der Waals surface area contributed by atoms with E-state index in [0.29, 0.717) is 17.9 Å². The molecule has 0 aliphatic carbocycles. The largest absolute Gasteiger partial charge is 0.456 e. The zero-order valence-corrected chi connectivity index (χ0v) is 14.4. The number of halogens is 1. The van der Waals surface area contributed by atoms with E-state index >= 15 is 0 Å². The van der Waals surface area contributed by atoms with Crippen LogP contribution >= 0.6 is 0 Å². The zero-order chi connectivity index (χ0) is 17.6. The maximum Gasteiger partial charge on any atom is 0.138 e. The van der Waals surface area contributed by atoms with Crippen LogP contribution in [0.4, 0.5) is 4.39 Å². The van der Waals surface area contributed by atoms with Crippen LogP contribution in [0.2, 0.25) is 0 Å². The average Bonchev–Trinajstić information content (AvgIpc) is 2.96. The first-order valence-electron chi connectivity index (χ1n) is 8.45. The number of carbonyl (C=O) groups excluding carboxylic acids is 1. The summed E-state index contributed by atoms with van der Waals surface area (Å²) in [6.07, 6.45) is 0. The number of fused-ring (bicyclic) bond motifs is 1. The third-order valence-corrected chi connectivity index (χ3v) is 5.13. The molecule has 1 saturated heterocycles. The number of likely N-dealkylation sites (tertiary alicyclic amines) is 1. The van der Waals surface area contributed by atoms with E-state index in [-0.39, 0.29) is 17.0 Å². The summed E-state index contributed by atoms with van der Waals surface area (Å²) in [5.41, 5.74) is 1.89. The first-order valence-corrected chi connectivity index (χ1v) is 8.45. The highest BCUT2D eigenvalue weighted by atomic mass is 19.1. The van der Waals surface area contributed by atoms with E-state index in [1.807, 2.05) is 43.3 Å². The third-order valence-electron chi connectivity index (χ3n) is 5.13. The monoisotopic (exact) mass is 337 g/mol. The molecule has 1 aliphatic heterocycles. The molecule has 25 heavy (non-hydrogen) atoms. The Morgan fingerprint density at radius 1 is 1.20 bits per heavy atom. The van der Waals surface area contributed by atoms with Gasteiger partial charge >= 0.3 is 0 Å². The van der Waals surface area contributed by atoms with Gasteiger partial charge in [0, 0.05) is 25.0 Å². The molecule has 128 valence electrons. The summed E-state index contributed by atoms with van der Waals surface area (Å²) in [6.45, 7) is 5.74. The van der Waals surface area contributed by atoms with E-state index in [2.05, 4.69) is 4.90 Å². The molecule has 4 heteroatoms. The Hall–Kier alpha value is -2.46. The van der Waals surface area contributed by atoms with Crippen molar-refractivity contribution in [3.05, 3.63) is 59.9 Å². The minimum atomic E-state index is -0.286. The minimum Gasteiger partial charge on any atom is -0.456 e. The van der Waals surface area contributed by atoms with Crippen LogP contribution in [0.25, 0.3) is 22.3 Å². The summed E-state index contributed by atoms with van der Waals surface area (Å²) < 4.78 is 20.3. The topological polar surface area (TPSA) is 33.5 Å². The highest BCUT2D eigenvalue weighted by Gasteiger charge is 2.42. The van der Waals surface area contributed by atoms with Gasteiger partial charge in [-0.3, -0.25) is 9.69 Å². The van der Waals surface area contributed by atoms with Crippen LogP contribution in [-0.2, 0) is 11.3 Å². The molecule has 1 fully saturated rings. The molecule has 3 aromatic rings. The van der Waals surface area contributed by atoms with Crippen LogP contribution in [0, 0.1) is 11.2 Å². The highest BCUT2D eigenvalue weighted by Crippen LogP contribution is 2.33. The number of hydrogen-bond acceptors (Lipinski definition) is 3. The second kappa shape index (κ2) is 5.81. The van der Waals surface area contributed by atoms with Crippen LogP contribution in [0.15, 0.2) is 52.9 Å². The third kappa shape index (κ3) is 2.87. The van der Waals surface area contributed by atoms with E-state index in [9.17, 15) is 9.18 Å². The van der Waals surface area contributed by atoms with Crippen LogP contribution in [0.5, 0.6) is 0 Å². The first-order chi connectivity index (χ1) is 11.9. The second-order valence-corrected chi connectivity index (χ2v) is 7.22. The fourth-order valence-corrected chi connectivity index (χ4v) is 3.50. The Bertz CT molecular complexity index is 920. The Balaban J connectivity index is 1.52. The lowest BCUT2D eigenvalue weighted by Crippen LogP contribution is -2.57. The molecule has 0 saturated carbocycles. The van der Waals surface area contributed by atoms with Crippen LogP contribution in [0.3, 0.4) is 0 Å². The molecule has 2 aromatic carbocycles. The Morgan fingerprint density at radius 2 is 1.96 bits per heavy atom. The molecule has 1 aromatic heterocycles. The van der Waals surface area contributed by atoms with Crippen LogP contribution in [-0.4, -0.2) is 23.8 Å². The van der Waals surface area contributed by atoms with Gasteiger partial charge < -0.3 is 4.42 Å². The summed E-state index contributed by atoms with van der Waals surface area (Å²) in [4.78, 5) is 13.7. The Morgan fingerprint density at radius 3 is 2.64 bits per heavy atom. The smallest absolute Gasteiger partial charge is 0.138 e. The number of rotatable bonds is 4. The zero-order valence-electron chi connectivity index (χ0n) is 14.4. The van der Waals surface area contributed by atoms with Crippen LogP contribution in [0.1, 0.15) is 19.4 Å². The molecule has 3 nitrogen and oxygen atoms in total. The predicted octanol–water partition coefficient (Wildman–Crippen LogP) is 4.65. The first kappa shape index (κ1) is 16.0. The van der Waals surface area contributed by atoms with Gasteiger partial charge in [-0.15, -0.1) is 0 Å². The summed E-state index contributed by atoms with van der Waals surface area (Å²) in [7, 11) is 0. The van der Waals surface area contributed by atoms with Crippen molar-refractivity contribution < 1.29 is 13.6 Å². The maximum absolute atomic E-state index is 14.6.